The first-order chi connectivity index (χ1) is 7.72. The van der Waals surface area contributed by atoms with Gasteiger partial charge in [0.25, 0.3) is 0 Å². The van der Waals surface area contributed by atoms with Gasteiger partial charge in [-0.15, -0.1) is 0 Å². The van der Waals surface area contributed by atoms with Crippen molar-refractivity contribution in [1.82, 2.24) is 9.78 Å². The lowest BCUT2D eigenvalue weighted by molar-refractivity contribution is 0.0509. The van der Waals surface area contributed by atoms with Gasteiger partial charge in [0.1, 0.15) is 5.69 Å². The standard InChI is InChI=1S/C12H18N2O2/c1-3-16-12(15)11-8-9(2)13-14(11)10-6-4-5-7-10/h8,10H,3-7H2,1-2H3. The Morgan fingerprint density at radius 2 is 2.25 bits per heavy atom. The monoisotopic (exact) mass is 222 g/mol. The molecule has 2 rings (SSSR count). The molecule has 1 saturated carbocycles. The van der Waals surface area contributed by atoms with Crippen molar-refractivity contribution >= 4 is 5.97 Å². The summed E-state index contributed by atoms with van der Waals surface area (Å²) in [6.45, 7) is 4.14. The smallest absolute Gasteiger partial charge is 0.356 e. The van der Waals surface area contributed by atoms with E-state index in [1.54, 1.807) is 0 Å². The number of aromatic nitrogens is 2. The number of hydrogen-bond acceptors (Lipinski definition) is 3. The zero-order valence-electron chi connectivity index (χ0n) is 9.90. The van der Waals surface area contributed by atoms with Crippen LogP contribution in [0.3, 0.4) is 0 Å². The first kappa shape index (κ1) is 11.2. The topological polar surface area (TPSA) is 44.1 Å². The SMILES string of the molecule is CCOC(=O)c1cc(C)nn1C1CCCC1. The molecule has 1 fully saturated rings. The van der Waals surface area contributed by atoms with Crippen molar-refractivity contribution in [2.24, 2.45) is 0 Å². The molecular formula is C12H18N2O2. The molecule has 16 heavy (non-hydrogen) atoms. The lowest BCUT2D eigenvalue weighted by atomic mass is 10.2. The summed E-state index contributed by atoms with van der Waals surface area (Å²) in [6.07, 6.45) is 4.69. The third-order valence-electron chi connectivity index (χ3n) is 3.01. The van der Waals surface area contributed by atoms with Crippen LogP contribution in [0.25, 0.3) is 0 Å². The molecular weight excluding hydrogens is 204 g/mol. The van der Waals surface area contributed by atoms with Gasteiger partial charge in [0, 0.05) is 0 Å². The molecule has 4 nitrogen and oxygen atoms in total. The van der Waals surface area contributed by atoms with Gasteiger partial charge in [0.05, 0.1) is 18.3 Å². The molecule has 0 radical (unpaired) electrons. The number of ether oxygens (including phenoxy) is 1. The normalized spacial score (nSPS) is 16.6. The van der Waals surface area contributed by atoms with E-state index < -0.39 is 0 Å². The first-order valence-corrected chi connectivity index (χ1v) is 5.95. The van der Waals surface area contributed by atoms with Crippen LogP contribution < -0.4 is 0 Å². The Morgan fingerprint density at radius 1 is 1.56 bits per heavy atom. The van der Waals surface area contributed by atoms with E-state index in [4.69, 9.17) is 4.74 Å². The minimum atomic E-state index is -0.255. The van der Waals surface area contributed by atoms with Gasteiger partial charge in [-0.3, -0.25) is 4.68 Å². The van der Waals surface area contributed by atoms with Crippen molar-refractivity contribution in [3.8, 4) is 0 Å². The van der Waals surface area contributed by atoms with Crippen LogP contribution in [-0.2, 0) is 4.74 Å². The van der Waals surface area contributed by atoms with Crippen molar-refractivity contribution < 1.29 is 9.53 Å². The molecule has 1 aromatic rings. The summed E-state index contributed by atoms with van der Waals surface area (Å²) in [5.41, 5.74) is 1.49. The molecule has 1 heterocycles. The molecule has 0 aromatic carbocycles. The Labute approximate surface area is 95.6 Å². The summed E-state index contributed by atoms with van der Waals surface area (Å²) in [6, 6.07) is 2.20. The number of carbonyl (C=O) groups excluding carboxylic acids is 1. The average Bonchev–Trinajstić information content (AvgIpc) is 2.85. The van der Waals surface area contributed by atoms with Crippen molar-refractivity contribution in [3.63, 3.8) is 0 Å². The maximum Gasteiger partial charge on any atom is 0.356 e. The zero-order valence-corrected chi connectivity index (χ0v) is 9.90. The number of aryl methyl sites for hydroxylation is 1. The maximum absolute atomic E-state index is 11.8. The molecule has 0 N–H and O–H groups in total. The molecule has 0 bridgehead atoms. The fourth-order valence-electron chi connectivity index (χ4n) is 2.30. The van der Waals surface area contributed by atoms with Crippen LogP contribution in [0.15, 0.2) is 6.07 Å². The quantitative estimate of drug-likeness (QED) is 0.738. The van der Waals surface area contributed by atoms with Crippen LogP contribution in [-0.4, -0.2) is 22.4 Å². The van der Waals surface area contributed by atoms with E-state index in [9.17, 15) is 4.79 Å². The highest BCUT2D eigenvalue weighted by molar-refractivity contribution is 5.87. The zero-order chi connectivity index (χ0) is 11.5. The second-order valence-electron chi connectivity index (χ2n) is 4.27. The van der Waals surface area contributed by atoms with Crippen LogP contribution in [0, 0.1) is 6.92 Å². The third-order valence-corrected chi connectivity index (χ3v) is 3.01. The number of esters is 1. The number of nitrogens with zero attached hydrogens (tertiary/aromatic N) is 2. The van der Waals surface area contributed by atoms with Crippen LogP contribution in [0.1, 0.15) is 54.8 Å². The van der Waals surface area contributed by atoms with E-state index in [-0.39, 0.29) is 5.97 Å². The molecule has 4 heteroatoms. The minimum absolute atomic E-state index is 0.255. The molecule has 0 amide bonds. The van der Waals surface area contributed by atoms with Gasteiger partial charge in [0.2, 0.25) is 0 Å². The predicted molar refractivity (Wildman–Crippen MR) is 60.4 cm³/mol. The van der Waals surface area contributed by atoms with Gasteiger partial charge in [0.15, 0.2) is 0 Å². The largest absolute Gasteiger partial charge is 0.461 e. The van der Waals surface area contributed by atoms with Crippen molar-refractivity contribution in [2.75, 3.05) is 6.61 Å². The Balaban J connectivity index is 2.25. The lowest BCUT2D eigenvalue weighted by Gasteiger charge is -2.13. The highest BCUT2D eigenvalue weighted by Gasteiger charge is 2.24. The van der Waals surface area contributed by atoms with Crippen LogP contribution in [0.4, 0.5) is 0 Å². The van der Waals surface area contributed by atoms with E-state index >= 15 is 0 Å². The third kappa shape index (κ3) is 2.10. The summed E-state index contributed by atoms with van der Waals surface area (Å²) in [4.78, 5) is 11.8. The Bertz CT molecular complexity index is 378. The first-order valence-electron chi connectivity index (χ1n) is 5.95. The van der Waals surface area contributed by atoms with E-state index in [2.05, 4.69) is 5.10 Å². The molecule has 0 unspecified atom stereocenters. The molecule has 1 aromatic heterocycles. The molecule has 1 aliphatic rings. The van der Waals surface area contributed by atoms with Gasteiger partial charge in [-0.1, -0.05) is 12.8 Å². The van der Waals surface area contributed by atoms with Gasteiger partial charge in [-0.05, 0) is 32.8 Å². The lowest BCUT2D eigenvalue weighted by Crippen LogP contribution is -2.16. The molecule has 88 valence electrons. The van der Waals surface area contributed by atoms with Gasteiger partial charge in [-0.2, -0.15) is 5.10 Å². The Morgan fingerprint density at radius 3 is 2.88 bits per heavy atom. The van der Waals surface area contributed by atoms with E-state index in [0.29, 0.717) is 18.3 Å². The highest BCUT2D eigenvalue weighted by Crippen LogP contribution is 2.30. The number of hydrogen-bond donors (Lipinski definition) is 0. The van der Waals surface area contributed by atoms with Crippen molar-refractivity contribution in [3.05, 3.63) is 17.5 Å². The van der Waals surface area contributed by atoms with Crippen LogP contribution in [0.2, 0.25) is 0 Å². The number of rotatable bonds is 3. The highest BCUT2D eigenvalue weighted by atomic mass is 16.5. The van der Waals surface area contributed by atoms with Gasteiger partial charge >= 0.3 is 5.97 Å². The molecule has 0 saturated heterocycles. The summed E-state index contributed by atoms with van der Waals surface area (Å²) >= 11 is 0. The van der Waals surface area contributed by atoms with Crippen molar-refractivity contribution in [1.29, 1.82) is 0 Å². The fraction of sp³-hybridized carbons (Fsp3) is 0.667. The molecule has 0 spiro atoms. The van der Waals surface area contributed by atoms with Crippen LogP contribution >= 0.6 is 0 Å². The minimum Gasteiger partial charge on any atom is -0.461 e. The number of carbonyl (C=O) groups is 1. The average molecular weight is 222 g/mol. The van der Waals surface area contributed by atoms with E-state index in [1.807, 2.05) is 24.6 Å². The van der Waals surface area contributed by atoms with E-state index in [0.717, 1.165) is 18.5 Å². The molecule has 1 aliphatic carbocycles. The van der Waals surface area contributed by atoms with Gasteiger partial charge < -0.3 is 4.74 Å². The van der Waals surface area contributed by atoms with E-state index in [1.165, 1.54) is 12.8 Å². The summed E-state index contributed by atoms with van der Waals surface area (Å²) in [7, 11) is 0. The fourth-order valence-corrected chi connectivity index (χ4v) is 2.30. The summed E-state index contributed by atoms with van der Waals surface area (Å²) < 4.78 is 6.90. The Kier molecular flexibility index (Phi) is 3.27. The summed E-state index contributed by atoms with van der Waals surface area (Å²) in [5, 5.41) is 4.41. The van der Waals surface area contributed by atoms with Gasteiger partial charge in [-0.25, -0.2) is 4.79 Å². The molecule has 0 aliphatic heterocycles. The summed E-state index contributed by atoms with van der Waals surface area (Å²) in [5.74, 6) is -0.255. The Hall–Kier alpha value is -1.32. The second-order valence-corrected chi connectivity index (χ2v) is 4.27. The second kappa shape index (κ2) is 4.68. The maximum atomic E-state index is 11.8. The van der Waals surface area contributed by atoms with Crippen molar-refractivity contribution in [2.45, 2.75) is 45.6 Å². The van der Waals surface area contributed by atoms with Crippen LogP contribution in [0.5, 0.6) is 0 Å². The molecule has 0 atom stereocenters. The predicted octanol–water partition coefficient (Wildman–Crippen LogP) is 2.48.